The standard InChI is InChI=1S/C13H18BrNO3S/c1-10-7-8-15(9-12(10)18-2)19(16,17)13-6-4-3-5-11(13)14/h3-6,10,12H,7-9H2,1-2H3. The van der Waals surface area contributed by atoms with Crippen LogP contribution in [-0.2, 0) is 14.8 Å². The first-order valence-corrected chi connectivity index (χ1v) is 8.47. The molecule has 19 heavy (non-hydrogen) atoms. The molecular weight excluding hydrogens is 330 g/mol. The number of piperidine rings is 1. The molecule has 6 heteroatoms. The average Bonchev–Trinajstić information content (AvgIpc) is 2.39. The molecule has 2 unspecified atom stereocenters. The Balaban J connectivity index is 2.28. The molecule has 0 amide bonds. The number of hydrogen-bond donors (Lipinski definition) is 0. The Kier molecular flexibility index (Phi) is 4.66. The van der Waals surface area contributed by atoms with Crippen LogP contribution in [-0.4, -0.2) is 39.0 Å². The molecule has 0 radical (unpaired) electrons. The first kappa shape index (κ1) is 15.0. The fraction of sp³-hybridized carbons (Fsp3) is 0.538. The molecule has 0 spiro atoms. The normalized spacial score (nSPS) is 25.4. The van der Waals surface area contributed by atoms with Gasteiger partial charge in [0.05, 0.1) is 11.0 Å². The molecule has 1 fully saturated rings. The summed E-state index contributed by atoms with van der Waals surface area (Å²) in [6.07, 6.45) is 0.786. The Morgan fingerprint density at radius 3 is 2.68 bits per heavy atom. The van der Waals surface area contributed by atoms with E-state index in [0.717, 1.165) is 6.42 Å². The van der Waals surface area contributed by atoms with Crippen molar-refractivity contribution >= 4 is 26.0 Å². The van der Waals surface area contributed by atoms with Gasteiger partial charge in [0.2, 0.25) is 10.0 Å². The van der Waals surface area contributed by atoms with E-state index >= 15 is 0 Å². The fourth-order valence-corrected chi connectivity index (χ4v) is 4.75. The summed E-state index contributed by atoms with van der Waals surface area (Å²) in [4.78, 5) is 0.319. The molecule has 2 rings (SSSR count). The second-order valence-electron chi connectivity index (χ2n) is 4.83. The second-order valence-corrected chi connectivity index (χ2v) is 7.59. The molecule has 0 aromatic heterocycles. The third kappa shape index (κ3) is 3.02. The first-order valence-electron chi connectivity index (χ1n) is 6.24. The van der Waals surface area contributed by atoms with Crippen molar-refractivity contribution in [1.82, 2.24) is 4.31 Å². The number of benzene rings is 1. The van der Waals surface area contributed by atoms with E-state index in [0.29, 0.717) is 28.4 Å². The van der Waals surface area contributed by atoms with Crippen molar-refractivity contribution in [3.05, 3.63) is 28.7 Å². The minimum Gasteiger partial charge on any atom is -0.380 e. The lowest BCUT2D eigenvalue weighted by atomic mass is 9.97. The molecule has 1 saturated heterocycles. The molecule has 0 saturated carbocycles. The van der Waals surface area contributed by atoms with Crippen LogP contribution in [0.5, 0.6) is 0 Å². The van der Waals surface area contributed by atoms with E-state index in [9.17, 15) is 8.42 Å². The van der Waals surface area contributed by atoms with Crippen molar-refractivity contribution in [3.63, 3.8) is 0 Å². The van der Waals surface area contributed by atoms with Gasteiger partial charge < -0.3 is 4.74 Å². The quantitative estimate of drug-likeness (QED) is 0.843. The average molecular weight is 348 g/mol. The van der Waals surface area contributed by atoms with Gasteiger partial charge >= 0.3 is 0 Å². The predicted octanol–water partition coefficient (Wildman–Crippen LogP) is 2.49. The van der Waals surface area contributed by atoms with Gasteiger partial charge in [0, 0.05) is 24.7 Å². The van der Waals surface area contributed by atoms with E-state index < -0.39 is 10.0 Å². The highest BCUT2D eigenvalue weighted by atomic mass is 79.9. The molecule has 2 atom stereocenters. The van der Waals surface area contributed by atoms with Gasteiger partial charge in [-0.3, -0.25) is 0 Å². The van der Waals surface area contributed by atoms with E-state index in [-0.39, 0.29) is 6.10 Å². The number of nitrogens with zero attached hydrogens (tertiary/aromatic N) is 1. The largest absolute Gasteiger partial charge is 0.380 e. The highest BCUT2D eigenvalue weighted by Gasteiger charge is 2.34. The van der Waals surface area contributed by atoms with Gasteiger partial charge in [-0.2, -0.15) is 4.31 Å². The number of sulfonamides is 1. The number of methoxy groups -OCH3 is 1. The van der Waals surface area contributed by atoms with Gasteiger partial charge in [-0.1, -0.05) is 19.1 Å². The summed E-state index contributed by atoms with van der Waals surface area (Å²) >= 11 is 3.31. The molecule has 1 aromatic rings. The van der Waals surface area contributed by atoms with Crippen molar-refractivity contribution in [1.29, 1.82) is 0 Å². The van der Waals surface area contributed by atoms with Crippen molar-refractivity contribution in [2.45, 2.75) is 24.3 Å². The number of rotatable bonds is 3. The van der Waals surface area contributed by atoms with Crippen LogP contribution in [0, 0.1) is 5.92 Å². The topological polar surface area (TPSA) is 46.6 Å². The van der Waals surface area contributed by atoms with Gasteiger partial charge in [-0.25, -0.2) is 8.42 Å². The van der Waals surface area contributed by atoms with Crippen LogP contribution < -0.4 is 0 Å². The van der Waals surface area contributed by atoms with E-state index in [1.807, 2.05) is 0 Å². The summed E-state index contributed by atoms with van der Waals surface area (Å²) in [7, 11) is -1.82. The summed E-state index contributed by atoms with van der Waals surface area (Å²) in [5.41, 5.74) is 0. The second kappa shape index (κ2) is 5.91. The highest BCUT2D eigenvalue weighted by molar-refractivity contribution is 9.10. The number of halogens is 1. The summed E-state index contributed by atoms with van der Waals surface area (Å²) in [6, 6.07) is 6.91. The van der Waals surface area contributed by atoms with E-state index in [1.54, 1.807) is 31.4 Å². The SMILES string of the molecule is COC1CN(S(=O)(=O)c2ccccc2Br)CCC1C. The third-order valence-corrected chi connectivity index (χ3v) is 6.49. The maximum absolute atomic E-state index is 12.6. The summed E-state index contributed by atoms with van der Waals surface area (Å²) in [5.74, 6) is 0.385. The molecule has 1 aliphatic heterocycles. The minimum absolute atomic E-state index is 0.0361. The fourth-order valence-electron chi connectivity index (χ4n) is 2.32. The highest BCUT2D eigenvalue weighted by Crippen LogP contribution is 2.28. The zero-order valence-corrected chi connectivity index (χ0v) is 13.4. The molecule has 1 heterocycles. The predicted molar refractivity (Wildman–Crippen MR) is 77.5 cm³/mol. The molecule has 1 aliphatic rings. The van der Waals surface area contributed by atoms with Crippen molar-refractivity contribution in [2.24, 2.45) is 5.92 Å². The smallest absolute Gasteiger partial charge is 0.244 e. The molecule has 106 valence electrons. The Labute approximate surface area is 122 Å². The Morgan fingerprint density at radius 2 is 2.05 bits per heavy atom. The number of hydrogen-bond acceptors (Lipinski definition) is 3. The Hall–Kier alpha value is -0.430. The van der Waals surface area contributed by atoms with Gasteiger partial charge in [0.1, 0.15) is 0 Å². The van der Waals surface area contributed by atoms with E-state index in [1.165, 1.54) is 4.31 Å². The maximum Gasteiger partial charge on any atom is 0.244 e. The Morgan fingerprint density at radius 1 is 1.37 bits per heavy atom. The summed E-state index contributed by atoms with van der Waals surface area (Å²) in [6.45, 7) is 3.06. The van der Waals surface area contributed by atoms with Gasteiger partial charge in [-0.15, -0.1) is 0 Å². The zero-order chi connectivity index (χ0) is 14.0. The third-order valence-electron chi connectivity index (χ3n) is 3.61. The van der Waals surface area contributed by atoms with Gasteiger partial charge in [0.15, 0.2) is 0 Å². The molecule has 0 bridgehead atoms. The van der Waals surface area contributed by atoms with Crippen LogP contribution in [0.25, 0.3) is 0 Å². The molecule has 4 nitrogen and oxygen atoms in total. The van der Waals surface area contributed by atoms with Crippen LogP contribution in [0.2, 0.25) is 0 Å². The van der Waals surface area contributed by atoms with Crippen LogP contribution in [0.4, 0.5) is 0 Å². The van der Waals surface area contributed by atoms with E-state index in [4.69, 9.17) is 4.74 Å². The summed E-state index contributed by atoms with van der Waals surface area (Å²) in [5, 5.41) is 0. The molecule has 0 N–H and O–H groups in total. The molecule has 0 aliphatic carbocycles. The van der Waals surface area contributed by atoms with Crippen molar-refractivity contribution in [2.75, 3.05) is 20.2 Å². The zero-order valence-electron chi connectivity index (χ0n) is 11.0. The maximum atomic E-state index is 12.6. The number of ether oxygens (including phenoxy) is 1. The van der Waals surface area contributed by atoms with E-state index in [2.05, 4.69) is 22.9 Å². The molecule has 1 aromatic carbocycles. The van der Waals surface area contributed by atoms with Crippen LogP contribution in [0.15, 0.2) is 33.6 Å². The van der Waals surface area contributed by atoms with Crippen LogP contribution in [0.1, 0.15) is 13.3 Å². The van der Waals surface area contributed by atoms with Gasteiger partial charge in [-0.05, 0) is 40.4 Å². The lowest BCUT2D eigenvalue weighted by Gasteiger charge is -2.35. The Bertz CT molecular complexity index is 547. The van der Waals surface area contributed by atoms with Crippen LogP contribution in [0.3, 0.4) is 0 Å². The first-order chi connectivity index (χ1) is 8.96. The van der Waals surface area contributed by atoms with Gasteiger partial charge in [0.25, 0.3) is 0 Å². The lowest BCUT2D eigenvalue weighted by molar-refractivity contribution is 0.0183. The summed E-state index contributed by atoms with van der Waals surface area (Å²) < 4.78 is 32.7. The van der Waals surface area contributed by atoms with Crippen LogP contribution >= 0.6 is 15.9 Å². The van der Waals surface area contributed by atoms with Crippen molar-refractivity contribution in [3.8, 4) is 0 Å². The molecular formula is C13H18BrNO3S. The van der Waals surface area contributed by atoms with Crippen molar-refractivity contribution < 1.29 is 13.2 Å². The monoisotopic (exact) mass is 347 g/mol. The minimum atomic E-state index is -3.45. The lowest BCUT2D eigenvalue weighted by Crippen LogP contribution is -2.46.